The molecule has 140 valence electrons. The lowest BCUT2D eigenvalue weighted by atomic mass is 10.0. The maximum absolute atomic E-state index is 6.10. The van der Waals surface area contributed by atoms with E-state index in [0.717, 1.165) is 56.3 Å². The minimum absolute atomic E-state index is 0.259. The molecular weight excluding hydrogens is 330 g/mol. The largest absolute Gasteiger partial charge is 0.441 e. The minimum Gasteiger partial charge on any atom is -0.441 e. The minimum atomic E-state index is -0.259. The van der Waals surface area contributed by atoms with Gasteiger partial charge in [0.1, 0.15) is 11.4 Å². The molecule has 2 aliphatic heterocycles. The number of hydrogen-bond donors (Lipinski definition) is 1. The van der Waals surface area contributed by atoms with Crippen LogP contribution in [0, 0.1) is 13.8 Å². The second kappa shape index (κ2) is 7.48. The average molecular weight is 357 g/mol. The highest BCUT2D eigenvalue weighted by Gasteiger charge is 2.38. The van der Waals surface area contributed by atoms with Crippen LogP contribution in [0.5, 0.6) is 0 Å². The Morgan fingerprint density at radius 2 is 2.12 bits per heavy atom. The van der Waals surface area contributed by atoms with Gasteiger partial charge in [-0.2, -0.15) is 0 Å². The van der Waals surface area contributed by atoms with Crippen LogP contribution in [0.3, 0.4) is 0 Å². The number of benzene rings is 1. The third-order valence-corrected chi connectivity index (χ3v) is 5.20. The van der Waals surface area contributed by atoms with Crippen molar-refractivity contribution >= 4 is 0 Å². The molecule has 3 heterocycles. The van der Waals surface area contributed by atoms with Crippen molar-refractivity contribution in [3.63, 3.8) is 0 Å². The summed E-state index contributed by atoms with van der Waals surface area (Å²) in [4.78, 5) is 7.19. The lowest BCUT2D eigenvalue weighted by molar-refractivity contribution is -0.135. The molecule has 0 unspecified atom stereocenters. The maximum Gasteiger partial charge on any atom is 0.226 e. The van der Waals surface area contributed by atoms with Crippen LogP contribution in [0.15, 0.2) is 28.7 Å². The van der Waals surface area contributed by atoms with Gasteiger partial charge in [-0.15, -0.1) is 0 Å². The monoisotopic (exact) mass is 357 g/mol. The van der Waals surface area contributed by atoms with Gasteiger partial charge in [0.15, 0.2) is 0 Å². The molecule has 0 aliphatic carbocycles. The van der Waals surface area contributed by atoms with Crippen LogP contribution in [-0.2, 0) is 16.0 Å². The molecular formula is C20H27N3O3. The van der Waals surface area contributed by atoms with Gasteiger partial charge in [-0.25, -0.2) is 4.98 Å². The smallest absolute Gasteiger partial charge is 0.226 e. The molecule has 2 aromatic rings. The van der Waals surface area contributed by atoms with Crippen molar-refractivity contribution in [1.29, 1.82) is 0 Å². The molecule has 0 bridgehead atoms. The highest BCUT2D eigenvalue weighted by Crippen LogP contribution is 2.27. The molecule has 2 fully saturated rings. The van der Waals surface area contributed by atoms with Gasteiger partial charge in [-0.1, -0.05) is 18.2 Å². The molecule has 1 spiro atoms. The predicted octanol–water partition coefficient (Wildman–Crippen LogP) is 2.15. The van der Waals surface area contributed by atoms with Crippen LogP contribution in [0.4, 0.5) is 0 Å². The fourth-order valence-corrected chi connectivity index (χ4v) is 3.74. The quantitative estimate of drug-likeness (QED) is 0.908. The van der Waals surface area contributed by atoms with E-state index in [1.807, 2.05) is 19.1 Å². The first-order valence-corrected chi connectivity index (χ1v) is 9.32. The summed E-state index contributed by atoms with van der Waals surface area (Å²) in [6.07, 6.45) is 0. The number of nitrogens with zero attached hydrogens (tertiary/aromatic N) is 2. The molecule has 0 saturated carbocycles. The molecule has 0 amide bonds. The molecule has 2 aliphatic rings. The standard InChI is InChI=1S/C20H27N3O3/c1-15-5-3-4-6-17(15)19-22-18(16(2)26-19)11-23-8-10-25-20(13-23)12-21-7-9-24-14-20/h3-6,21H,7-14H2,1-2H3/t20-/m0/s1. The lowest BCUT2D eigenvalue weighted by Crippen LogP contribution is -2.57. The van der Waals surface area contributed by atoms with Crippen LogP contribution in [-0.4, -0.2) is 61.5 Å². The number of rotatable bonds is 3. The van der Waals surface area contributed by atoms with Crippen LogP contribution in [0.2, 0.25) is 0 Å². The fourth-order valence-electron chi connectivity index (χ4n) is 3.74. The van der Waals surface area contributed by atoms with E-state index in [2.05, 4.69) is 29.3 Å². The Labute approximate surface area is 154 Å². The summed E-state index contributed by atoms with van der Waals surface area (Å²) in [5.74, 6) is 1.59. The number of ether oxygens (including phenoxy) is 2. The fraction of sp³-hybridized carbons (Fsp3) is 0.550. The third-order valence-electron chi connectivity index (χ3n) is 5.20. The van der Waals surface area contributed by atoms with Gasteiger partial charge in [0.25, 0.3) is 0 Å². The van der Waals surface area contributed by atoms with Crippen molar-refractivity contribution in [3.05, 3.63) is 41.3 Å². The molecule has 1 N–H and O–H groups in total. The van der Waals surface area contributed by atoms with Crippen LogP contribution >= 0.6 is 0 Å². The molecule has 6 heteroatoms. The normalized spacial score (nSPS) is 24.7. The van der Waals surface area contributed by atoms with Gasteiger partial charge < -0.3 is 19.2 Å². The van der Waals surface area contributed by atoms with Crippen LogP contribution in [0.25, 0.3) is 11.5 Å². The summed E-state index contributed by atoms with van der Waals surface area (Å²) >= 11 is 0. The molecule has 4 rings (SSSR count). The van der Waals surface area contributed by atoms with Crippen molar-refractivity contribution in [2.75, 3.05) is 46.0 Å². The molecule has 0 radical (unpaired) electrons. The van der Waals surface area contributed by atoms with Gasteiger partial charge in [0.05, 0.1) is 25.5 Å². The number of morpholine rings is 1. The van der Waals surface area contributed by atoms with Gasteiger partial charge >= 0.3 is 0 Å². The van der Waals surface area contributed by atoms with E-state index in [0.29, 0.717) is 19.1 Å². The Balaban J connectivity index is 1.49. The maximum atomic E-state index is 6.10. The predicted molar refractivity (Wildman–Crippen MR) is 99.1 cm³/mol. The van der Waals surface area contributed by atoms with E-state index in [9.17, 15) is 0 Å². The van der Waals surface area contributed by atoms with Gasteiger partial charge in [0.2, 0.25) is 5.89 Å². The number of oxazole rings is 1. The van der Waals surface area contributed by atoms with Crippen molar-refractivity contribution in [2.45, 2.75) is 26.0 Å². The summed E-state index contributed by atoms with van der Waals surface area (Å²) in [6.45, 7) is 10.4. The Morgan fingerprint density at radius 3 is 3.00 bits per heavy atom. The highest BCUT2D eigenvalue weighted by molar-refractivity contribution is 5.58. The number of aryl methyl sites for hydroxylation is 2. The summed E-state index contributed by atoms with van der Waals surface area (Å²) < 4.78 is 17.8. The van der Waals surface area contributed by atoms with Crippen molar-refractivity contribution < 1.29 is 13.9 Å². The Morgan fingerprint density at radius 1 is 1.23 bits per heavy atom. The summed E-state index contributed by atoms with van der Waals surface area (Å²) in [5, 5.41) is 3.42. The highest BCUT2D eigenvalue weighted by atomic mass is 16.5. The zero-order valence-electron chi connectivity index (χ0n) is 15.6. The summed E-state index contributed by atoms with van der Waals surface area (Å²) in [6, 6.07) is 8.19. The molecule has 1 aromatic carbocycles. The number of nitrogens with one attached hydrogen (secondary N) is 1. The third kappa shape index (κ3) is 3.69. The Bertz CT molecular complexity index is 751. The molecule has 1 aromatic heterocycles. The topological polar surface area (TPSA) is 59.8 Å². The van der Waals surface area contributed by atoms with E-state index in [1.165, 1.54) is 5.56 Å². The van der Waals surface area contributed by atoms with E-state index in [1.54, 1.807) is 0 Å². The zero-order chi connectivity index (χ0) is 18.0. The van der Waals surface area contributed by atoms with Crippen LogP contribution in [0.1, 0.15) is 17.0 Å². The van der Waals surface area contributed by atoms with Crippen LogP contribution < -0.4 is 5.32 Å². The second-order valence-corrected chi connectivity index (χ2v) is 7.31. The van der Waals surface area contributed by atoms with E-state index in [-0.39, 0.29) is 5.60 Å². The molecule has 1 atom stereocenters. The van der Waals surface area contributed by atoms with Crippen molar-refractivity contribution in [3.8, 4) is 11.5 Å². The SMILES string of the molecule is Cc1ccccc1-c1nc(CN2CCO[C@@]3(CNCCOC3)C2)c(C)o1. The summed E-state index contributed by atoms with van der Waals surface area (Å²) in [5.41, 5.74) is 2.97. The molecule has 26 heavy (non-hydrogen) atoms. The first-order chi connectivity index (χ1) is 12.7. The van der Waals surface area contributed by atoms with Gasteiger partial charge in [-0.3, -0.25) is 4.90 Å². The van der Waals surface area contributed by atoms with E-state index in [4.69, 9.17) is 18.9 Å². The zero-order valence-corrected chi connectivity index (χ0v) is 15.6. The summed E-state index contributed by atoms with van der Waals surface area (Å²) in [7, 11) is 0. The second-order valence-electron chi connectivity index (χ2n) is 7.31. The lowest BCUT2D eigenvalue weighted by Gasteiger charge is -2.41. The molecule has 2 saturated heterocycles. The van der Waals surface area contributed by atoms with Gasteiger partial charge in [0, 0.05) is 38.3 Å². The molecule has 6 nitrogen and oxygen atoms in total. The number of hydrogen-bond acceptors (Lipinski definition) is 6. The Kier molecular flexibility index (Phi) is 5.09. The first kappa shape index (κ1) is 17.7. The Hall–Kier alpha value is -1.73. The number of aromatic nitrogens is 1. The average Bonchev–Trinajstić information content (AvgIpc) is 2.85. The van der Waals surface area contributed by atoms with E-state index >= 15 is 0 Å². The van der Waals surface area contributed by atoms with Gasteiger partial charge in [-0.05, 0) is 25.5 Å². The first-order valence-electron chi connectivity index (χ1n) is 9.32. The van der Waals surface area contributed by atoms with E-state index < -0.39 is 0 Å². The van der Waals surface area contributed by atoms with Crippen molar-refractivity contribution in [1.82, 2.24) is 15.2 Å². The van der Waals surface area contributed by atoms with Crippen molar-refractivity contribution in [2.24, 2.45) is 0 Å².